The van der Waals surface area contributed by atoms with E-state index in [0.29, 0.717) is 25.2 Å². The van der Waals surface area contributed by atoms with Gasteiger partial charge in [0.05, 0.1) is 13.2 Å². The van der Waals surface area contributed by atoms with Gasteiger partial charge < -0.3 is 10.1 Å². The molecule has 0 radical (unpaired) electrons. The lowest BCUT2D eigenvalue weighted by Crippen LogP contribution is -2.43. The summed E-state index contributed by atoms with van der Waals surface area (Å²) in [6.45, 7) is 6.26. The summed E-state index contributed by atoms with van der Waals surface area (Å²) in [4.78, 5) is 14.8. The molecule has 2 aliphatic carbocycles. The van der Waals surface area contributed by atoms with Crippen molar-refractivity contribution in [2.24, 2.45) is 5.92 Å². The van der Waals surface area contributed by atoms with E-state index in [0.717, 1.165) is 30.3 Å². The zero-order chi connectivity index (χ0) is 16.9. The summed E-state index contributed by atoms with van der Waals surface area (Å²) in [5.41, 5.74) is 1.11. The number of rotatable bonds is 10. The summed E-state index contributed by atoms with van der Waals surface area (Å²) in [6, 6.07) is 9.19. The van der Waals surface area contributed by atoms with Crippen LogP contribution in [0.4, 0.5) is 0 Å². The molecule has 0 heterocycles. The second kappa shape index (κ2) is 8.02. The molecule has 1 aromatic carbocycles. The van der Waals surface area contributed by atoms with Gasteiger partial charge in [0.25, 0.3) is 0 Å². The van der Waals surface area contributed by atoms with Crippen LogP contribution in [0.5, 0.6) is 5.75 Å². The van der Waals surface area contributed by atoms with Gasteiger partial charge in [0.2, 0.25) is 5.91 Å². The summed E-state index contributed by atoms with van der Waals surface area (Å²) in [5.74, 6) is 1.85. The Bertz CT molecular complexity index is 535. The lowest BCUT2D eigenvalue weighted by atomic mass is 10.1. The fourth-order valence-corrected chi connectivity index (χ4v) is 3.21. The maximum Gasteiger partial charge on any atom is 0.234 e. The van der Waals surface area contributed by atoms with Crippen molar-refractivity contribution in [3.8, 4) is 5.75 Å². The first-order chi connectivity index (χ1) is 11.7. The fraction of sp³-hybridized carbons (Fsp3) is 0.650. The van der Waals surface area contributed by atoms with Gasteiger partial charge in [0, 0.05) is 18.6 Å². The number of carbonyl (C=O) groups is 1. The number of ether oxygens (including phenoxy) is 1. The van der Waals surface area contributed by atoms with Crippen LogP contribution in [0.1, 0.15) is 51.5 Å². The van der Waals surface area contributed by atoms with E-state index in [1.165, 1.54) is 25.7 Å². The van der Waals surface area contributed by atoms with Gasteiger partial charge in [0.15, 0.2) is 0 Å². The highest BCUT2D eigenvalue weighted by atomic mass is 16.5. The Kier molecular flexibility index (Phi) is 5.77. The Balaban J connectivity index is 1.44. The number of amides is 1. The molecule has 4 nitrogen and oxygen atoms in total. The zero-order valence-corrected chi connectivity index (χ0v) is 15.0. The number of nitrogens with zero attached hydrogens (tertiary/aromatic N) is 1. The van der Waals surface area contributed by atoms with Crippen molar-refractivity contribution in [2.45, 2.75) is 64.6 Å². The van der Waals surface area contributed by atoms with E-state index in [4.69, 9.17) is 4.74 Å². The third-order valence-electron chi connectivity index (χ3n) is 5.06. The van der Waals surface area contributed by atoms with Crippen LogP contribution in [0.15, 0.2) is 24.3 Å². The molecule has 1 unspecified atom stereocenters. The van der Waals surface area contributed by atoms with E-state index in [2.05, 4.69) is 24.1 Å². The topological polar surface area (TPSA) is 41.6 Å². The Morgan fingerprint density at radius 1 is 1.25 bits per heavy atom. The van der Waals surface area contributed by atoms with Gasteiger partial charge in [-0.2, -0.15) is 0 Å². The Labute approximate surface area is 145 Å². The minimum atomic E-state index is 0.140. The van der Waals surface area contributed by atoms with Crippen LogP contribution in [0.25, 0.3) is 0 Å². The molecule has 3 rings (SSSR count). The smallest absolute Gasteiger partial charge is 0.234 e. The number of benzene rings is 1. The van der Waals surface area contributed by atoms with Crippen molar-refractivity contribution in [3.63, 3.8) is 0 Å². The van der Waals surface area contributed by atoms with E-state index in [9.17, 15) is 4.79 Å². The second-order valence-electron chi connectivity index (χ2n) is 7.25. The third-order valence-corrected chi connectivity index (χ3v) is 5.06. The molecule has 2 saturated carbocycles. The van der Waals surface area contributed by atoms with Crippen molar-refractivity contribution in [2.75, 3.05) is 13.2 Å². The summed E-state index contributed by atoms with van der Waals surface area (Å²) >= 11 is 0. The summed E-state index contributed by atoms with van der Waals surface area (Å²) in [7, 11) is 0. The predicted octanol–water partition coefficient (Wildman–Crippen LogP) is 3.35. The molecule has 0 aromatic heterocycles. The van der Waals surface area contributed by atoms with E-state index >= 15 is 0 Å². The first-order valence-corrected chi connectivity index (χ1v) is 9.41. The average molecular weight is 330 g/mol. The van der Waals surface area contributed by atoms with Crippen molar-refractivity contribution in [3.05, 3.63) is 29.8 Å². The molecule has 0 spiro atoms. The van der Waals surface area contributed by atoms with E-state index in [1.807, 2.05) is 24.3 Å². The predicted molar refractivity (Wildman–Crippen MR) is 96.0 cm³/mol. The first kappa shape index (κ1) is 17.3. The second-order valence-corrected chi connectivity index (χ2v) is 7.25. The number of carbonyl (C=O) groups excluding carboxylic acids is 1. The number of hydrogen-bond acceptors (Lipinski definition) is 3. The van der Waals surface area contributed by atoms with E-state index in [1.54, 1.807) is 0 Å². The Morgan fingerprint density at radius 2 is 1.96 bits per heavy atom. The van der Waals surface area contributed by atoms with Gasteiger partial charge in [-0.05, 0) is 62.6 Å². The van der Waals surface area contributed by atoms with Crippen LogP contribution < -0.4 is 10.1 Å². The molecular weight excluding hydrogens is 300 g/mol. The molecule has 132 valence electrons. The van der Waals surface area contributed by atoms with Crippen molar-refractivity contribution >= 4 is 5.91 Å². The van der Waals surface area contributed by atoms with Gasteiger partial charge in [-0.1, -0.05) is 19.1 Å². The third kappa shape index (κ3) is 4.97. The highest BCUT2D eigenvalue weighted by molar-refractivity contribution is 5.78. The number of nitrogens with one attached hydrogen (secondary N) is 1. The van der Waals surface area contributed by atoms with Crippen LogP contribution in [-0.4, -0.2) is 36.0 Å². The quantitative estimate of drug-likeness (QED) is 0.715. The standard InChI is InChI=1S/C20H30N2O2/c1-3-12-24-19-10-4-16(5-11-19)13-21-20(23)14-22(18-8-9-18)15(2)17-6-7-17/h4-5,10-11,15,17-18H,3,6-9,12-14H2,1-2H3,(H,21,23). The van der Waals surface area contributed by atoms with Crippen LogP contribution in [0.2, 0.25) is 0 Å². The van der Waals surface area contributed by atoms with Crippen LogP contribution >= 0.6 is 0 Å². The average Bonchev–Trinajstić information content (AvgIpc) is 3.48. The normalized spacial score (nSPS) is 18.5. The SMILES string of the molecule is CCCOc1ccc(CNC(=O)CN(C2CC2)C(C)C2CC2)cc1. The molecule has 1 atom stereocenters. The zero-order valence-electron chi connectivity index (χ0n) is 15.0. The largest absolute Gasteiger partial charge is 0.494 e. The summed E-state index contributed by atoms with van der Waals surface area (Å²) < 4.78 is 5.58. The highest BCUT2D eigenvalue weighted by Gasteiger charge is 2.39. The lowest BCUT2D eigenvalue weighted by Gasteiger charge is -2.28. The highest BCUT2D eigenvalue weighted by Crippen LogP contribution is 2.39. The summed E-state index contributed by atoms with van der Waals surface area (Å²) in [5, 5.41) is 3.07. The lowest BCUT2D eigenvalue weighted by molar-refractivity contribution is -0.123. The molecule has 1 amide bonds. The molecule has 2 aliphatic rings. The van der Waals surface area contributed by atoms with Crippen molar-refractivity contribution in [1.82, 2.24) is 10.2 Å². The van der Waals surface area contributed by atoms with Crippen molar-refractivity contribution < 1.29 is 9.53 Å². The Morgan fingerprint density at radius 3 is 2.54 bits per heavy atom. The summed E-state index contributed by atoms with van der Waals surface area (Å²) in [6.07, 6.45) is 6.18. The van der Waals surface area contributed by atoms with Gasteiger partial charge >= 0.3 is 0 Å². The van der Waals surface area contributed by atoms with Gasteiger partial charge in [-0.3, -0.25) is 9.69 Å². The molecule has 24 heavy (non-hydrogen) atoms. The van der Waals surface area contributed by atoms with E-state index in [-0.39, 0.29) is 5.91 Å². The number of hydrogen-bond donors (Lipinski definition) is 1. The molecule has 0 saturated heterocycles. The monoisotopic (exact) mass is 330 g/mol. The molecule has 2 fully saturated rings. The van der Waals surface area contributed by atoms with Crippen molar-refractivity contribution in [1.29, 1.82) is 0 Å². The van der Waals surface area contributed by atoms with E-state index < -0.39 is 0 Å². The van der Waals surface area contributed by atoms with Gasteiger partial charge in [0.1, 0.15) is 5.75 Å². The maximum absolute atomic E-state index is 12.3. The fourth-order valence-electron chi connectivity index (χ4n) is 3.21. The Hall–Kier alpha value is -1.55. The van der Waals surface area contributed by atoms with Crippen LogP contribution in [0, 0.1) is 5.92 Å². The molecule has 1 aromatic rings. The molecule has 0 bridgehead atoms. The molecule has 4 heteroatoms. The molecular formula is C20H30N2O2. The van der Waals surface area contributed by atoms with Crippen LogP contribution in [0.3, 0.4) is 0 Å². The molecule has 0 aliphatic heterocycles. The van der Waals surface area contributed by atoms with Gasteiger partial charge in [-0.25, -0.2) is 0 Å². The maximum atomic E-state index is 12.3. The minimum absolute atomic E-state index is 0.140. The first-order valence-electron chi connectivity index (χ1n) is 9.41. The minimum Gasteiger partial charge on any atom is -0.494 e. The van der Waals surface area contributed by atoms with Crippen LogP contribution in [-0.2, 0) is 11.3 Å². The van der Waals surface area contributed by atoms with Gasteiger partial charge in [-0.15, -0.1) is 0 Å². The molecule has 1 N–H and O–H groups in total.